The van der Waals surface area contributed by atoms with Crippen LogP contribution < -0.4 is 5.32 Å². The molecule has 0 bridgehead atoms. The second-order valence-corrected chi connectivity index (χ2v) is 6.19. The minimum atomic E-state index is 0.0944. The van der Waals surface area contributed by atoms with Crippen molar-refractivity contribution in [2.45, 2.75) is 46.3 Å². The summed E-state index contributed by atoms with van der Waals surface area (Å²) in [5.41, 5.74) is 1.30. The molecule has 0 atom stereocenters. The molecule has 0 aliphatic carbocycles. The lowest BCUT2D eigenvalue weighted by Gasteiger charge is -2.20. The third-order valence-corrected chi connectivity index (χ3v) is 3.00. The van der Waals surface area contributed by atoms with Gasteiger partial charge in [0.05, 0.1) is 13.1 Å². The Balaban J connectivity index is 2.68. The maximum Gasteiger partial charge on any atom is 0.120 e. The van der Waals surface area contributed by atoms with E-state index in [9.17, 15) is 0 Å². The summed E-state index contributed by atoms with van der Waals surface area (Å²) in [6.07, 6.45) is 3.81. The van der Waals surface area contributed by atoms with E-state index in [1.54, 1.807) is 0 Å². The van der Waals surface area contributed by atoms with Crippen LogP contribution in [0.2, 0.25) is 0 Å². The fourth-order valence-corrected chi connectivity index (χ4v) is 1.98. The van der Waals surface area contributed by atoms with Crippen molar-refractivity contribution in [3.05, 3.63) is 48.5 Å². The fourth-order valence-electron chi connectivity index (χ4n) is 1.98. The Morgan fingerprint density at radius 2 is 1.85 bits per heavy atom. The Morgan fingerprint density at radius 1 is 1.25 bits per heavy atom. The molecule has 20 heavy (non-hydrogen) atoms. The summed E-state index contributed by atoms with van der Waals surface area (Å²) < 4.78 is 5.96. The van der Waals surface area contributed by atoms with Crippen molar-refractivity contribution in [1.82, 2.24) is 10.2 Å². The van der Waals surface area contributed by atoms with E-state index in [1.165, 1.54) is 5.56 Å². The molecule has 1 N–H and O–H groups in total. The van der Waals surface area contributed by atoms with Gasteiger partial charge in [-0.2, -0.15) is 0 Å². The molecule has 0 fully saturated rings. The van der Waals surface area contributed by atoms with Crippen molar-refractivity contribution in [1.29, 1.82) is 0 Å². The van der Waals surface area contributed by atoms with Crippen molar-refractivity contribution < 1.29 is 4.42 Å². The first kappa shape index (κ1) is 16.7. The first-order valence-electron chi connectivity index (χ1n) is 7.13. The van der Waals surface area contributed by atoms with E-state index < -0.39 is 0 Å². The maximum atomic E-state index is 5.96. The number of hydrogen-bond donors (Lipinski definition) is 1. The minimum Gasteiger partial charge on any atom is -0.463 e. The average molecular weight is 276 g/mol. The van der Waals surface area contributed by atoms with Crippen molar-refractivity contribution in [3.8, 4) is 0 Å². The standard InChI is InChI=1S/C17H28N2O/c1-7-9-19(10-8-2)13-15-11-14(3)16(20-15)12-18-17(4,5)6/h7-8,11,18H,1-2,9-10,12-13H2,3-6H3. The van der Waals surface area contributed by atoms with Crippen LogP contribution in [0.3, 0.4) is 0 Å². The van der Waals surface area contributed by atoms with Gasteiger partial charge in [0.2, 0.25) is 0 Å². The molecule has 0 saturated heterocycles. The number of nitrogens with zero attached hydrogens (tertiary/aromatic N) is 1. The summed E-state index contributed by atoms with van der Waals surface area (Å²) in [5.74, 6) is 2.02. The molecule has 1 heterocycles. The quantitative estimate of drug-likeness (QED) is 0.735. The van der Waals surface area contributed by atoms with E-state index in [2.05, 4.69) is 57.1 Å². The number of furan rings is 1. The molecule has 0 aliphatic rings. The zero-order valence-electron chi connectivity index (χ0n) is 13.3. The molecule has 0 unspecified atom stereocenters. The predicted molar refractivity (Wildman–Crippen MR) is 85.7 cm³/mol. The molecule has 3 heteroatoms. The van der Waals surface area contributed by atoms with Crippen LogP contribution in [-0.2, 0) is 13.1 Å². The maximum absolute atomic E-state index is 5.96. The van der Waals surface area contributed by atoms with Gasteiger partial charge in [-0.3, -0.25) is 4.90 Å². The molecule has 3 nitrogen and oxygen atoms in total. The van der Waals surface area contributed by atoms with E-state index in [1.807, 2.05) is 12.2 Å². The topological polar surface area (TPSA) is 28.4 Å². The molecular weight excluding hydrogens is 248 g/mol. The molecular formula is C17H28N2O. The number of hydrogen-bond acceptors (Lipinski definition) is 3. The number of aryl methyl sites for hydroxylation is 1. The van der Waals surface area contributed by atoms with Crippen LogP contribution in [0.5, 0.6) is 0 Å². The van der Waals surface area contributed by atoms with E-state index in [4.69, 9.17) is 4.42 Å². The van der Waals surface area contributed by atoms with Gasteiger partial charge in [-0.05, 0) is 39.3 Å². The molecule has 0 aromatic carbocycles. The van der Waals surface area contributed by atoms with Crippen LogP contribution in [0, 0.1) is 6.92 Å². The van der Waals surface area contributed by atoms with Gasteiger partial charge >= 0.3 is 0 Å². The van der Waals surface area contributed by atoms with Crippen molar-refractivity contribution >= 4 is 0 Å². The van der Waals surface area contributed by atoms with Gasteiger partial charge in [0, 0.05) is 18.6 Å². The highest BCUT2D eigenvalue weighted by molar-refractivity contribution is 5.20. The Hall–Kier alpha value is -1.32. The third kappa shape index (κ3) is 5.76. The highest BCUT2D eigenvalue weighted by Gasteiger charge is 2.14. The summed E-state index contributed by atoms with van der Waals surface area (Å²) in [4.78, 5) is 2.24. The average Bonchev–Trinajstić information content (AvgIpc) is 2.67. The highest BCUT2D eigenvalue weighted by atomic mass is 16.3. The van der Waals surface area contributed by atoms with Crippen LogP contribution in [0.15, 0.2) is 35.8 Å². The predicted octanol–water partition coefficient (Wildman–Crippen LogP) is 3.65. The van der Waals surface area contributed by atoms with Crippen LogP contribution in [-0.4, -0.2) is 23.5 Å². The second kappa shape index (κ2) is 7.46. The minimum absolute atomic E-state index is 0.0944. The summed E-state index contributed by atoms with van der Waals surface area (Å²) in [5, 5.41) is 3.46. The summed E-state index contributed by atoms with van der Waals surface area (Å²) in [6.45, 7) is 19.4. The summed E-state index contributed by atoms with van der Waals surface area (Å²) in [7, 11) is 0. The summed E-state index contributed by atoms with van der Waals surface area (Å²) in [6, 6.07) is 2.12. The van der Waals surface area contributed by atoms with Gasteiger partial charge < -0.3 is 9.73 Å². The van der Waals surface area contributed by atoms with Gasteiger partial charge in [-0.15, -0.1) is 13.2 Å². The smallest absolute Gasteiger partial charge is 0.120 e. The van der Waals surface area contributed by atoms with Gasteiger partial charge in [0.1, 0.15) is 11.5 Å². The first-order valence-corrected chi connectivity index (χ1v) is 7.13. The largest absolute Gasteiger partial charge is 0.463 e. The van der Waals surface area contributed by atoms with Crippen LogP contribution >= 0.6 is 0 Å². The van der Waals surface area contributed by atoms with Crippen LogP contribution in [0.1, 0.15) is 37.9 Å². The van der Waals surface area contributed by atoms with Crippen molar-refractivity contribution in [3.63, 3.8) is 0 Å². The lowest BCUT2D eigenvalue weighted by molar-refractivity contribution is 0.286. The fraction of sp³-hybridized carbons (Fsp3) is 0.529. The Kier molecular flexibility index (Phi) is 6.24. The second-order valence-electron chi connectivity index (χ2n) is 6.19. The van der Waals surface area contributed by atoms with E-state index in [-0.39, 0.29) is 5.54 Å². The van der Waals surface area contributed by atoms with Gasteiger partial charge in [-0.25, -0.2) is 0 Å². The van der Waals surface area contributed by atoms with E-state index >= 15 is 0 Å². The van der Waals surface area contributed by atoms with E-state index in [0.717, 1.165) is 37.7 Å². The van der Waals surface area contributed by atoms with Gasteiger partial charge in [-0.1, -0.05) is 12.2 Å². The van der Waals surface area contributed by atoms with Gasteiger partial charge in [0.25, 0.3) is 0 Å². The molecule has 0 radical (unpaired) electrons. The van der Waals surface area contributed by atoms with Crippen molar-refractivity contribution in [2.75, 3.05) is 13.1 Å². The molecule has 0 spiro atoms. The van der Waals surface area contributed by atoms with Crippen LogP contribution in [0.4, 0.5) is 0 Å². The molecule has 0 saturated carbocycles. The Labute approximate surface area is 123 Å². The zero-order chi connectivity index (χ0) is 15.2. The monoisotopic (exact) mass is 276 g/mol. The SMILES string of the molecule is C=CCN(CC=C)Cc1cc(C)c(CNC(C)(C)C)o1. The molecule has 0 aliphatic heterocycles. The normalized spacial score (nSPS) is 11.8. The molecule has 1 aromatic rings. The first-order chi connectivity index (χ1) is 9.35. The highest BCUT2D eigenvalue weighted by Crippen LogP contribution is 2.17. The Bertz CT molecular complexity index is 430. The lowest BCUT2D eigenvalue weighted by atomic mass is 10.1. The molecule has 0 amide bonds. The van der Waals surface area contributed by atoms with Crippen LogP contribution in [0.25, 0.3) is 0 Å². The van der Waals surface area contributed by atoms with Gasteiger partial charge in [0.15, 0.2) is 0 Å². The molecule has 1 aromatic heterocycles. The molecule has 1 rings (SSSR count). The molecule has 112 valence electrons. The zero-order valence-corrected chi connectivity index (χ0v) is 13.3. The third-order valence-electron chi connectivity index (χ3n) is 3.00. The number of rotatable bonds is 8. The van der Waals surface area contributed by atoms with Crippen molar-refractivity contribution in [2.24, 2.45) is 0 Å². The van der Waals surface area contributed by atoms with E-state index in [0.29, 0.717) is 0 Å². The number of nitrogens with one attached hydrogen (secondary N) is 1. The Morgan fingerprint density at radius 3 is 2.35 bits per heavy atom. The summed E-state index contributed by atoms with van der Waals surface area (Å²) >= 11 is 0. The lowest BCUT2D eigenvalue weighted by Crippen LogP contribution is -2.35.